The van der Waals surface area contributed by atoms with Gasteiger partial charge >= 0.3 is 6.03 Å². The lowest BCUT2D eigenvalue weighted by molar-refractivity contribution is -0.0673. The Balaban J connectivity index is 1.91. The van der Waals surface area contributed by atoms with Crippen LogP contribution in [0.25, 0.3) is 0 Å². The molecule has 0 aliphatic heterocycles. The van der Waals surface area contributed by atoms with Crippen molar-refractivity contribution in [1.29, 1.82) is 0 Å². The van der Waals surface area contributed by atoms with E-state index in [1.165, 1.54) is 0 Å². The molecule has 19 heavy (non-hydrogen) atoms. The quantitative estimate of drug-likeness (QED) is 0.781. The molecule has 1 aliphatic carbocycles. The zero-order valence-electron chi connectivity index (χ0n) is 11.4. The summed E-state index contributed by atoms with van der Waals surface area (Å²) >= 11 is 0. The molecule has 1 aromatic carbocycles. The van der Waals surface area contributed by atoms with Gasteiger partial charge in [0.2, 0.25) is 0 Å². The number of ether oxygens (including phenoxy) is 1. The molecule has 1 fully saturated rings. The molecule has 0 aromatic heterocycles. The molecule has 1 aromatic rings. The molecule has 0 heterocycles. The Labute approximate surface area is 113 Å². The van der Waals surface area contributed by atoms with Gasteiger partial charge in [0.1, 0.15) is 5.75 Å². The molecule has 0 radical (unpaired) electrons. The summed E-state index contributed by atoms with van der Waals surface area (Å²) in [4.78, 5) is 11.9. The van der Waals surface area contributed by atoms with Crippen molar-refractivity contribution in [2.45, 2.75) is 32.4 Å². The van der Waals surface area contributed by atoms with Crippen molar-refractivity contribution in [2.24, 2.45) is 5.41 Å². The van der Waals surface area contributed by atoms with Crippen LogP contribution in [0.5, 0.6) is 5.75 Å². The van der Waals surface area contributed by atoms with E-state index < -0.39 is 0 Å². The SMILES string of the molecule is COc1cccc(NC(=O)NC2CC(O)C2(C)C)c1. The second-order valence-corrected chi connectivity index (χ2v) is 5.46. The topological polar surface area (TPSA) is 70.6 Å². The van der Waals surface area contributed by atoms with E-state index in [9.17, 15) is 9.90 Å². The van der Waals surface area contributed by atoms with Crippen LogP contribution < -0.4 is 15.4 Å². The van der Waals surface area contributed by atoms with Crippen LogP contribution in [-0.4, -0.2) is 30.4 Å². The normalized spacial score (nSPS) is 24.2. The molecule has 1 saturated carbocycles. The number of anilines is 1. The molecular weight excluding hydrogens is 244 g/mol. The number of aliphatic hydroxyl groups excluding tert-OH is 1. The summed E-state index contributed by atoms with van der Waals surface area (Å²) in [6.45, 7) is 3.88. The lowest BCUT2D eigenvalue weighted by Crippen LogP contribution is -2.61. The molecule has 0 saturated heterocycles. The number of hydrogen-bond acceptors (Lipinski definition) is 3. The zero-order chi connectivity index (χ0) is 14.0. The molecule has 2 unspecified atom stereocenters. The van der Waals surface area contributed by atoms with E-state index in [0.29, 0.717) is 17.9 Å². The first-order valence-corrected chi connectivity index (χ1v) is 6.33. The molecular formula is C14H20N2O3. The molecule has 1 aliphatic rings. The molecule has 5 heteroatoms. The van der Waals surface area contributed by atoms with Crippen LogP contribution in [0.3, 0.4) is 0 Å². The smallest absolute Gasteiger partial charge is 0.319 e. The largest absolute Gasteiger partial charge is 0.497 e. The van der Waals surface area contributed by atoms with Gasteiger partial charge < -0.3 is 20.5 Å². The number of nitrogens with one attached hydrogen (secondary N) is 2. The Hall–Kier alpha value is -1.75. The van der Waals surface area contributed by atoms with Crippen LogP contribution in [0, 0.1) is 5.41 Å². The fraction of sp³-hybridized carbons (Fsp3) is 0.500. The standard InChI is InChI=1S/C14H20N2O3/c1-14(2)11(8-12(14)17)16-13(18)15-9-5-4-6-10(7-9)19-3/h4-7,11-12,17H,8H2,1-3H3,(H2,15,16,18). The zero-order valence-corrected chi connectivity index (χ0v) is 11.4. The van der Waals surface area contributed by atoms with Crippen molar-refractivity contribution in [3.8, 4) is 5.75 Å². The first kappa shape index (κ1) is 13.7. The number of rotatable bonds is 3. The Kier molecular flexibility index (Phi) is 3.66. The van der Waals surface area contributed by atoms with Crippen molar-refractivity contribution in [3.05, 3.63) is 24.3 Å². The van der Waals surface area contributed by atoms with Crippen LogP contribution in [0.1, 0.15) is 20.3 Å². The van der Waals surface area contributed by atoms with Crippen molar-refractivity contribution in [1.82, 2.24) is 5.32 Å². The highest BCUT2D eigenvalue weighted by atomic mass is 16.5. The van der Waals surface area contributed by atoms with Gasteiger partial charge in [0, 0.05) is 23.2 Å². The van der Waals surface area contributed by atoms with Crippen molar-refractivity contribution >= 4 is 11.7 Å². The van der Waals surface area contributed by atoms with Crippen molar-refractivity contribution in [2.75, 3.05) is 12.4 Å². The maximum atomic E-state index is 11.9. The molecule has 3 N–H and O–H groups in total. The van der Waals surface area contributed by atoms with E-state index in [0.717, 1.165) is 0 Å². The summed E-state index contributed by atoms with van der Waals surface area (Å²) < 4.78 is 5.09. The third kappa shape index (κ3) is 2.81. The van der Waals surface area contributed by atoms with Crippen LogP contribution in [0.15, 0.2) is 24.3 Å². The summed E-state index contributed by atoms with van der Waals surface area (Å²) in [6, 6.07) is 6.90. The molecule has 5 nitrogen and oxygen atoms in total. The minimum Gasteiger partial charge on any atom is -0.497 e. The summed E-state index contributed by atoms with van der Waals surface area (Å²) in [5.74, 6) is 0.692. The third-order valence-corrected chi connectivity index (χ3v) is 3.85. The fourth-order valence-electron chi connectivity index (χ4n) is 2.17. The van der Waals surface area contributed by atoms with Gasteiger partial charge in [-0.05, 0) is 18.6 Å². The second-order valence-electron chi connectivity index (χ2n) is 5.46. The van der Waals surface area contributed by atoms with E-state index in [-0.39, 0.29) is 23.6 Å². The predicted molar refractivity (Wildman–Crippen MR) is 73.3 cm³/mol. The van der Waals surface area contributed by atoms with Gasteiger partial charge in [0.05, 0.1) is 13.2 Å². The van der Waals surface area contributed by atoms with Gasteiger partial charge in [-0.2, -0.15) is 0 Å². The highest BCUT2D eigenvalue weighted by Gasteiger charge is 2.47. The van der Waals surface area contributed by atoms with E-state index in [1.807, 2.05) is 26.0 Å². The maximum Gasteiger partial charge on any atom is 0.319 e. The van der Waals surface area contributed by atoms with E-state index in [1.54, 1.807) is 19.2 Å². The first-order valence-electron chi connectivity index (χ1n) is 6.33. The van der Waals surface area contributed by atoms with Crippen molar-refractivity contribution < 1.29 is 14.6 Å². The van der Waals surface area contributed by atoms with Crippen LogP contribution in [-0.2, 0) is 0 Å². The minimum absolute atomic E-state index is 0.00638. The van der Waals surface area contributed by atoms with Crippen molar-refractivity contribution in [3.63, 3.8) is 0 Å². The Bertz CT molecular complexity index is 474. The average molecular weight is 264 g/mol. The van der Waals surface area contributed by atoms with E-state index in [4.69, 9.17) is 4.74 Å². The number of urea groups is 1. The molecule has 2 amide bonds. The molecule has 2 rings (SSSR count). The predicted octanol–water partition coefficient (Wildman–Crippen LogP) is 1.98. The van der Waals surface area contributed by atoms with Crippen LogP contribution in [0.2, 0.25) is 0 Å². The minimum atomic E-state index is -0.352. The van der Waals surface area contributed by atoms with Crippen LogP contribution >= 0.6 is 0 Å². The number of aliphatic hydroxyl groups is 1. The van der Waals surface area contributed by atoms with Gasteiger partial charge in [-0.15, -0.1) is 0 Å². The number of methoxy groups -OCH3 is 1. The monoisotopic (exact) mass is 264 g/mol. The Morgan fingerprint density at radius 2 is 2.21 bits per heavy atom. The number of benzene rings is 1. The molecule has 104 valence electrons. The lowest BCUT2D eigenvalue weighted by Gasteiger charge is -2.49. The number of carbonyl (C=O) groups excluding carboxylic acids is 1. The Morgan fingerprint density at radius 1 is 1.47 bits per heavy atom. The number of hydrogen-bond donors (Lipinski definition) is 3. The summed E-state index contributed by atoms with van der Waals surface area (Å²) in [7, 11) is 1.58. The average Bonchev–Trinajstić information content (AvgIpc) is 2.38. The summed E-state index contributed by atoms with van der Waals surface area (Å²) in [5, 5.41) is 15.3. The Morgan fingerprint density at radius 3 is 2.79 bits per heavy atom. The highest BCUT2D eigenvalue weighted by molar-refractivity contribution is 5.89. The van der Waals surface area contributed by atoms with Gasteiger partial charge in [-0.1, -0.05) is 19.9 Å². The fourth-order valence-corrected chi connectivity index (χ4v) is 2.17. The van der Waals surface area contributed by atoms with Gasteiger partial charge in [-0.3, -0.25) is 0 Å². The van der Waals surface area contributed by atoms with E-state index in [2.05, 4.69) is 10.6 Å². The second kappa shape index (κ2) is 5.09. The summed E-state index contributed by atoms with van der Waals surface area (Å²) in [5.41, 5.74) is 0.403. The van der Waals surface area contributed by atoms with Gasteiger partial charge in [-0.25, -0.2) is 4.79 Å². The third-order valence-electron chi connectivity index (χ3n) is 3.85. The van der Waals surface area contributed by atoms with Crippen LogP contribution in [0.4, 0.5) is 10.5 Å². The van der Waals surface area contributed by atoms with E-state index >= 15 is 0 Å². The molecule has 0 spiro atoms. The first-order chi connectivity index (χ1) is 8.93. The number of carbonyl (C=O) groups is 1. The van der Waals surface area contributed by atoms with Gasteiger partial charge in [0.15, 0.2) is 0 Å². The lowest BCUT2D eigenvalue weighted by atomic mass is 9.65. The highest BCUT2D eigenvalue weighted by Crippen LogP contribution is 2.40. The molecule has 2 atom stereocenters. The molecule has 0 bridgehead atoms. The van der Waals surface area contributed by atoms with Gasteiger partial charge in [0.25, 0.3) is 0 Å². The number of amides is 2. The maximum absolute atomic E-state index is 11.9. The summed E-state index contributed by atoms with van der Waals surface area (Å²) in [6.07, 6.45) is 0.244.